The summed E-state index contributed by atoms with van der Waals surface area (Å²) in [5.41, 5.74) is 1.24. The molecule has 1 rings (SSSR count). The summed E-state index contributed by atoms with van der Waals surface area (Å²) in [5, 5.41) is 6.13. The predicted molar refractivity (Wildman–Crippen MR) is 87.1 cm³/mol. The summed E-state index contributed by atoms with van der Waals surface area (Å²) in [4.78, 5) is 13.1. The maximum absolute atomic E-state index is 12.0. The van der Waals surface area contributed by atoms with Gasteiger partial charge < -0.3 is 10.6 Å². The van der Waals surface area contributed by atoms with Gasteiger partial charge in [-0.15, -0.1) is 11.8 Å². The number of hydrogen-bond acceptors (Lipinski definition) is 3. The van der Waals surface area contributed by atoms with Gasteiger partial charge in [-0.2, -0.15) is 0 Å². The summed E-state index contributed by atoms with van der Waals surface area (Å²) < 4.78 is 0. The molecule has 1 aromatic rings. The normalized spacial score (nSPS) is 14.1. The largest absolute Gasteiger partial charge is 0.355 e. The SMILES string of the molecule is CNC(C)c1cccc(SC(C)C(=O)NCC(C)C)c1. The molecule has 2 atom stereocenters. The molecule has 0 saturated carbocycles. The Kier molecular flexibility index (Phi) is 7.10. The zero-order valence-corrected chi connectivity index (χ0v) is 13.9. The number of carbonyl (C=O) groups excluding carboxylic acids is 1. The van der Waals surface area contributed by atoms with Crippen molar-refractivity contribution in [2.45, 2.75) is 43.9 Å². The highest BCUT2D eigenvalue weighted by atomic mass is 32.2. The van der Waals surface area contributed by atoms with Crippen LogP contribution in [0.25, 0.3) is 0 Å². The lowest BCUT2D eigenvalue weighted by molar-refractivity contribution is -0.120. The summed E-state index contributed by atoms with van der Waals surface area (Å²) in [6.07, 6.45) is 0. The highest BCUT2D eigenvalue weighted by molar-refractivity contribution is 8.00. The molecule has 0 aromatic heterocycles. The van der Waals surface area contributed by atoms with Gasteiger partial charge in [-0.1, -0.05) is 26.0 Å². The Hall–Kier alpha value is -1.00. The second kappa shape index (κ2) is 8.32. The third-order valence-electron chi connectivity index (χ3n) is 3.16. The molecule has 0 saturated heterocycles. The zero-order chi connectivity index (χ0) is 15.1. The van der Waals surface area contributed by atoms with Crippen LogP contribution < -0.4 is 10.6 Å². The summed E-state index contributed by atoms with van der Waals surface area (Å²) in [5.74, 6) is 0.590. The van der Waals surface area contributed by atoms with Gasteiger partial charge in [0.1, 0.15) is 0 Å². The Morgan fingerprint density at radius 1 is 1.25 bits per heavy atom. The summed E-state index contributed by atoms with van der Waals surface area (Å²) in [7, 11) is 1.95. The molecular formula is C16H26N2OS. The minimum atomic E-state index is -0.0751. The first-order valence-corrected chi connectivity index (χ1v) is 8.03. The average Bonchev–Trinajstić information content (AvgIpc) is 2.43. The first kappa shape index (κ1) is 17.1. The summed E-state index contributed by atoms with van der Waals surface area (Å²) in [6, 6.07) is 8.68. The number of amides is 1. The van der Waals surface area contributed by atoms with Crippen molar-refractivity contribution in [1.29, 1.82) is 0 Å². The molecule has 2 N–H and O–H groups in total. The van der Waals surface area contributed by atoms with Gasteiger partial charge in [0, 0.05) is 17.5 Å². The lowest BCUT2D eigenvalue weighted by atomic mass is 10.1. The van der Waals surface area contributed by atoms with E-state index < -0.39 is 0 Å². The predicted octanol–water partition coefficient (Wildman–Crippen LogP) is 3.22. The fourth-order valence-corrected chi connectivity index (χ4v) is 2.69. The van der Waals surface area contributed by atoms with E-state index >= 15 is 0 Å². The zero-order valence-electron chi connectivity index (χ0n) is 13.1. The maximum atomic E-state index is 12.0. The van der Waals surface area contributed by atoms with Crippen molar-refractivity contribution in [3.05, 3.63) is 29.8 Å². The van der Waals surface area contributed by atoms with Crippen molar-refractivity contribution in [1.82, 2.24) is 10.6 Å². The molecule has 4 heteroatoms. The smallest absolute Gasteiger partial charge is 0.233 e. The number of rotatable bonds is 7. The number of carbonyl (C=O) groups is 1. The summed E-state index contributed by atoms with van der Waals surface area (Å²) >= 11 is 1.61. The van der Waals surface area contributed by atoms with E-state index in [1.54, 1.807) is 11.8 Å². The molecule has 0 radical (unpaired) electrons. The number of benzene rings is 1. The van der Waals surface area contributed by atoms with E-state index in [2.05, 4.69) is 49.6 Å². The van der Waals surface area contributed by atoms with Crippen LogP contribution in [0.5, 0.6) is 0 Å². The highest BCUT2D eigenvalue weighted by Crippen LogP contribution is 2.26. The van der Waals surface area contributed by atoms with Gasteiger partial charge in [-0.25, -0.2) is 0 Å². The summed E-state index contributed by atoms with van der Waals surface area (Å²) in [6.45, 7) is 9.01. The minimum Gasteiger partial charge on any atom is -0.355 e. The molecule has 2 unspecified atom stereocenters. The minimum absolute atomic E-state index is 0.0751. The van der Waals surface area contributed by atoms with Gasteiger partial charge in [0.15, 0.2) is 0 Å². The second-order valence-electron chi connectivity index (χ2n) is 5.48. The molecule has 0 heterocycles. The third-order valence-corrected chi connectivity index (χ3v) is 4.25. The monoisotopic (exact) mass is 294 g/mol. The van der Waals surface area contributed by atoms with E-state index in [9.17, 15) is 4.79 Å². The van der Waals surface area contributed by atoms with E-state index in [-0.39, 0.29) is 11.2 Å². The first-order valence-electron chi connectivity index (χ1n) is 7.15. The van der Waals surface area contributed by atoms with Gasteiger partial charge in [0.05, 0.1) is 5.25 Å². The molecule has 0 aliphatic carbocycles. The number of thioether (sulfide) groups is 1. The Labute approximate surface area is 126 Å². The third kappa shape index (κ3) is 5.55. The van der Waals surface area contributed by atoms with Crippen LogP contribution in [0.3, 0.4) is 0 Å². The van der Waals surface area contributed by atoms with E-state index in [1.165, 1.54) is 5.56 Å². The van der Waals surface area contributed by atoms with Crippen molar-refractivity contribution in [3.8, 4) is 0 Å². The van der Waals surface area contributed by atoms with Crippen LogP contribution in [0, 0.1) is 5.92 Å². The van der Waals surface area contributed by atoms with Gasteiger partial charge >= 0.3 is 0 Å². The lowest BCUT2D eigenvalue weighted by Gasteiger charge is -2.15. The van der Waals surface area contributed by atoms with Crippen LogP contribution in [0.4, 0.5) is 0 Å². The molecule has 0 bridgehead atoms. The van der Waals surface area contributed by atoms with Crippen LogP contribution in [-0.4, -0.2) is 24.7 Å². The number of hydrogen-bond donors (Lipinski definition) is 2. The van der Waals surface area contributed by atoms with Crippen molar-refractivity contribution in [3.63, 3.8) is 0 Å². The van der Waals surface area contributed by atoms with Crippen LogP contribution in [0.2, 0.25) is 0 Å². The average molecular weight is 294 g/mol. The van der Waals surface area contributed by atoms with Crippen LogP contribution >= 0.6 is 11.8 Å². The van der Waals surface area contributed by atoms with E-state index in [1.807, 2.05) is 20.0 Å². The highest BCUT2D eigenvalue weighted by Gasteiger charge is 2.14. The van der Waals surface area contributed by atoms with Gasteiger partial charge in [-0.05, 0) is 44.5 Å². The van der Waals surface area contributed by atoms with Crippen molar-refractivity contribution >= 4 is 17.7 Å². The molecule has 20 heavy (non-hydrogen) atoms. The second-order valence-corrected chi connectivity index (χ2v) is 6.90. The molecule has 0 fully saturated rings. The molecule has 1 amide bonds. The molecule has 112 valence electrons. The molecule has 0 spiro atoms. The Balaban J connectivity index is 2.61. The maximum Gasteiger partial charge on any atom is 0.233 e. The molecule has 3 nitrogen and oxygen atoms in total. The first-order chi connectivity index (χ1) is 9.43. The van der Waals surface area contributed by atoms with Crippen LogP contribution in [-0.2, 0) is 4.79 Å². The Bertz CT molecular complexity index is 434. The number of nitrogens with one attached hydrogen (secondary N) is 2. The van der Waals surface area contributed by atoms with E-state index in [0.29, 0.717) is 12.0 Å². The fourth-order valence-electron chi connectivity index (χ4n) is 1.73. The van der Waals surface area contributed by atoms with Crippen molar-refractivity contribution < 1.29 is 4.79 Å². The molecule has 1 aromatic carbocycles. The van der Waals surface area contributed by atoms with E-state index in [4.69, 9.17) is 0 Å². The molecular weight excluding hydrogens is 268 g/mol. The Morgan fingerprint density at radius 3 is 2.55 bits per heavy atom. The fraction of sp³-hybridized carbons (Fsp3) is 0.562. The van der Waals surface area contributed by atoms with Gasteiger partial charge in [0.2, 0.25) is 5.91 Å². The van der Waals surface area contributed by atoms with Gasteiger partial charge in [0.25, 0.3) is 0 Å². The van der Waals surface area contributed by atoms with Crippen LogP contribution in [0.1, 0.15) is 39.3 Å². The topological polar surface area (TPSA) is 41.1 Å². The lowest BCUT2D eigenvalue weighted by Crippen LogP contribution is -2.33. The Morgan fingerprint density at radius 2 is 1.95 bits per heavy atom. The standard InChI is InChI=1S/C16H26N2OS/c1-11(2)10-18-16(19)13(4)20-15-8-6-7-14(9-15)12(3)17-5/h6-9,11-13,17H,10H2,1-5H3,(H,18,19). The van der Waals surface area contributed by atoms with E-state index in [0.717, 1.165) is 11.4 Å². The van der Waals surface area contributed by atoms with Crippen molar-refractivity contribution in [2.75, 3.05) is 13.6 Å². The van der Waals surface area contributed by atoms with Gasteiger partial charge in [-0.3, -0.25) is 4.79 Å². The van der Waals surface area contributed by atoms with Crippen LogP contribution in [0.15, 0.2) is 29.2 Å². The quantitative estimate of drug-likeness (QED) is 0.759. The van der Waals surface area contributed by atoms with Crippen molar-refractivity contribution in [2.24, 2.45) is 5.92 Å². The molecule has 0 aliphatic rings. The molecule has 0 aliphatic heterocycles.